The van der Waals surface area contributed by atoms with Gasteiger partial charge in [0.25, 0.3) is 10.0 Å². The normalized spacial score (nSPS) is 23.2. The van der Waals surface area contributed by atoms with Crippen molar-refractivity contribution in [2.45, 2.75) is 24.7 Å². The molecule has 7 heteroatoms. The smallest absolute Gasteiger partial charge is 0.266 e. The summed E-state index contributed by atoms with van der Waals surface area (Å²) in [6.07, 6.45) is 2.17. The second kappa shape index (κ2) is 5.65. The summed E-state index contributed by atoms with van der Waals surface area (Å²) < 4.78 is 27.2. The summed E-state index contributed by atoms with van der Waals surface area (Å²) in [6.45, 7) is 4.46. The van der Waals surface area contributed by atoms with Gasteiger partial charge in [-0.1, -0.05) is 12.1 Å². The van der Waals surface area contributed by atoms with E-state index in [0.29, 0.717) is 29.0 Å². The monoisotopic (exact) mass is 308 g/mol. The molecule has 1 fully saturated rings. The van der Waals surface area contributed by atoms with Crippen LogP contribution in [0.1, 0.15) is 18.4 Å². The average molecular weight is 308 g/mol. The number of benzene rings is 1. The summed E-state index contributed by atoms with van der Waals surface area (Å²) in [7, 11) is -3.53. The van der Waals surface area contributed by atoms with Gasteiger partial charge >= 0.3 is 0 Å². The largest absolute Gasteiger partial charge is 0.324 e. The number of nitrogens with one attached hydrogen (secondary N) is 3. The third kappa shape index (κ3) is 3.03. The Labute approximate surface area is 125 Å². The number of hydrogen-bond donors (Lipinski definition) is 3. The van der Waals surface area contributed by atoms with Gasteiger partial charge in [-0.15, -0.1) is 0 Å². The number of sulfonamides is 1. The molecule has 21 heavy (non-hydrogen) atoms. The fourth-order valence-electron chi connectivity index (χ4n) is 2.80. The number of guanidine groups is 1. The van der Waals surface area contributed by atoms with Crippen LogP contribution < -0.4 is 15.4 Å². The summed E-state index contributed by atoms with van der Waals surface area (Å²) in [5.41, 5.74) is 1.32. The van der Waals surface area contributed by atoms with E-state index in [2.05, 4.69) is 20.3 Å². The Morgan fingerprint density at radius 1 is 1.29 bits per heavy atom. The van der Waals surface area contributed by atoms with Crippen molar-refractivity contribution in [2.24, 2.45) is 10.9 Å². The molecule has 2 aliphatic rings. The molecule has 0 radical (unpaired) electrons. The molecule has 114 valence electrons. The number of nitrogens with zero attached hydrogens (tertiary/aromatic N) is 1. The molecule has 1 saturated heterocycles. The molecule has 3 N–H and O–H groups in total. The summed E-state index contributed by atoms with van der Waals surface area (Å²) in [5.74, 6) is 0.843. The molecule has 0 unspecified atom stereocenters. The van der Waals surface area contributed by atoms with Crippen LogP contribution in [-0.2, 0) is 10.0 Å². The lowest BCUT2D eigenvalue weighted by Crippen LogP contribution is -2.41. The Hall–Kier alpha value is -1.60. The Morgan fingerprint density at radius 2 is 2.05 bits per heavy atom. The van der Waals surface area contributed by atoms with Crippen molar-refractivity contribution in [3.8, 4) is 0 Å². The van der Waals surface area contributed by atoms with Crippen LogP contribution in [0.5, 0.6) is 0 Å². The molecule has 2 heterocycles. The molecule has 1 aromatic rings. The summed E-state index contributed by atoms with van der Waals surface area (Å²) in [5, 5.41) is 6.39. The lowest BCUT2D eigenvalue weighted by atomic mass is 9.99. The maximum atomic E-state index is 12.3. The van der Waals surface area contributed by atoms with Crippen LogP contribution in [0.15, 0.2) is 28.1 Å². The van der Waals surface area contributed by atoms with Crippen LogP contribution in [0, 0.1) is 12.8 Å². The first-order valence-corrected chi connectivity index (χ1v) is 8.69. The van der Waals surface area contributed by atoms with Crippen LogP contribution in [-0.4, -0.2) is 34.0 Å². The van der Waals surface area contributed by atoms with E-state index in [4.69, 9.17) is 0 Å². The number of anilines is 1. The molecule has 0 saturated carbocycles. The summed E-state index contributed by atoms with van der Waals surface area (Å²) >= 11 is 0. The minimum absolute atomic E-state index is 0.311. The van der Waals surface area contributed by atoms with Gasteiger partial charge in [-0.25, -0.2) is 13.1 Å². The number of aliphatic imine (C=N–C) groups is 1. The third-order valence-electron chi connectivity index (χ3n) is 3.93. The first-order valence-electron chi connectivity index (χ1n) is 7.21. The lowest BCUT2D eigenvalue weighted by Gasteiger charge is -2.24. The molecule has 0 aromatic heterocycles. The number of fused-ring (bicyclic) bond motifs is 1. The Balaban J connectivity index is 1.81. The van der Waals surface area contributed by atoms with Gasteiger partial charge in [-0.05, 0) is 50.4 Å². The zero-order valence-electron chi connectivity index (χ0n) is 12.0. The molecule has 1 aromatic carbocycles. The predicted molar refractivity (Wildman–Crippen MR) is 83.0 cm³/mol. The van der Waals surface area contributed by atoms with E-state index in [9.17, 15) is 8.42 Å². The van der Waals surface area contributed by atoms with Crippen LogP contribution >= 0.6 is 0 Å². The number of piperidine rings is 1. The van der Waals surface area contributed by atoms with Gasteiger partial charge in [0.15, 0.2) is 0 Å². The Kier molecular flexibility index (Phi) is 3.86. The Morgan fingerprint density at radius 3 is 2.81 bits per heavy atom. The zero-order valence-corrected chi connectivity index (χ0v) is 12.8. The molecule has 2 aliphatic heterocycles. The van der Waals surface area contributed by atoms with E-state index >= 15 is 0 Å². The highest BCUT2D eigenvalue weighted by molar-refractivity contribution is 7.90. The van der Waals surface area contributed by atoms with E-state index in [1.54, 1.807) is 19.1 Å². The SMILES string of the molecule is Cc1cccc2c1S(=O)(=O)NC(=NCC1CCNCC1)N2. The third-order valence-corrected chi connectivity index (χ3v) is 5.47. The van der Waals surface area contributed by atoms with Gasteiger partial charge in [-0.3, -0.25) is 4.99 Å². The van der Waals surface area contributed by atoms with Gasteiger partial charge in [0, 0.05) is 6.54 Å². The molecule has 0 atom stereocenters. The van der Waals surface area contributed by atoms with Crippen molar-refractivity contribution in [3.63, 3.8) is 0 Å². The number of aryl methyl sites for hydroxylation is 1. The molecule has 6 nitrogen and oxygen atoms in total. The lowest BCUT2D eigenvalue weighted by molar-refractivity contribution is 0.383. The first kappa shape index (κ1) is 14.3. The summed E-state index contributed by atoms with van der Waals surface area (Å²) in [4.78, 5) is 4.73. The molecule has 0 aliphatic carbocycles. The Bertz CT molecular complexity index is 664. The van der Waals surface area contributed by atoms with Gasteiger partial charge in [0.05, 0.1) is 5.69 Å². The standard InChI is InChI=1S/C14H20N4O2S/c1-10-3-2-4-12-13(10)21(19,20)18-14(17-12)16-9-11-5-7-15-8-6-11/h2-4,11,15H,5-9H2,1H3,(H2,16,17,18). The molecular weight excluding hydrogens is 288 g/mol. The van der Waals surface area contributed by atoms with Crippen molar-refractivity contribution in [1.29, 1.82) is 0 Å². The van der Waals surface area contributed by atoms with E-state index in [0.717, 1.165) is 31.5 Å². The van der Waals surface area contributed by atoms with Crippen LogP contribution in [0.25, 0.3) is 0 Å². The van der Waals surface area contributed by atoms with Crippen molar-refractivity contribution in [1.82, 2.24) is 10.0 Å². The number of hydrogen-bond acceptors (Lipinski definition) is 4. The highest BCUT2D eigenvalue weighted by atomic mass is 32.2. The van der Waals surface area contributed by atoms with Crippen molar-refractivity contribution < 1.29 is 8.42 Å². The highest BCUT2D eigenvalue weighted by Gasteiger charge is 2.28. The van der Waals surface area contributed by atoms with Gasteiger partial charge < -0.3 is 10.6 Å². The highest BCUT2D eigenvalue weighted by Crippen LogP contribution is 2.27. The molecular formula is C14H20N4O2S. The fraction of sp³-hybridized carbons (Fsp3) is 0.500. The van der Waals surface area contributed by atoms with Crippen LogP contribution in [0.3, 0.4) is 0 Å². The topological polar surface area (TPSA) is 82.6 Å². The fourth-order valence-corrected chi connectivity index (χ4v) is 4.17. The second-order valence-corrected chi connectivity index (χ2v) is 7.18. The first-order chi connectivity index (χ1) is 10.1. The average Bonchev–Trinajstić information content (AvgIpc) is 2.45. The van der Waals surface area contributed by atoms with Gasteiger partial charge in [0.1, 0.15) is 4.90 Å². The molecule has 0 amide bonds. The predicted octanol–water partition coefficient (Wildman–Crippen LogP) is 1.05. The molecule has 0 bridgehead atoms. The summed E-state index contributed by atoms with van der Waals surface area (Å²) in [6, 6.07) is 5.39. The zero-order chi connectivity index (χ0) is 14.9. The second-order valence-electron chi connectivity index (χ2n) is 5.56. The quantitative estimate of drug-likeness (QED) is 0.763. The van der Waals surface area contributed by atoms with Crippen molar-refractivity contribution >= 4 is 21.7 Å². The van der Waals surface area contributed by atoms with Crippen molar-refractivity contribution in [2.75, 3.05) is 25.0 Å². The van der Waals surface area contributed by atoms with Crippen LogP contribution in [0.4, 0.5) is 5.69 Å². The van der Waals surface area contributed by atoms with Gasteiger partial charge in [-0.2, -0.15) is 0 Å². The number of rotatable bonds is 2. The van der Waals surface area contributed by atoms with Crippen molar-refractivity contribution in [3.05, 3.63) is 23.8 Å². The van der Waals surface area contributed by atoms with E-state index in [1.165, 1.54) is 0 Å². The van der Waals surface area contributed by atoms with Gasteiger partial charge in [0.2, 0.25) is 5.96 Å². The maximum Gasteiger partial charge on any atom is 0.266 e. The minimum atomic E-state index is -3.53. The molecule has 3 rings (SSSR count). The maximum absolute atomic E-state index is 12.3. The van der Waals surface area contributed by atoms with E-state index < -0.39 is 10.0 Å². The molecule has 0 spiro atoms. The minimum Gasteiger partial charge on any atom is -0.324 e. The van der Waals surface area contributed by atoms with Crippen LogP contribution in [0.2, 0.25) is 0 Å². The van der Waals surface area contributed by atoms with E-state index in [-0.39, 0.29) is 0 Å². The van der Waals surface area contributed by atoms with E-state index in [1.807, 2.05) is 6.07 Å².